The quantitative estimate of drug-likeness (QED) is 0.254. The molecule has 0 saturated carbocycles. The number of carbonyl (C=O) groups excluding carboxylic acids is 3. The summed E-state index contributed by atoms with van der Waals surface area (Å²) in [5.74, 6) is -2.81. The van der Waals surface area contributed by atoms with Crippen molar-refractivity contribution in [1.82, 2.24) is 9.80 Å². The molecule has 3 saturated heterocycles. The van der Waals surface area contributed by atoms with Crippen molar-refractivity contribution in [2.75, 3.05) is 26.3 Å². The number of rotatable bonds is 12. The van der Waals surface area contributed by atoms with Crippen LogP contribution in [0.25, 0.3) is 0 Å². The average Bonchev–Trinajstić information content (AvgIpc) is 3.41. The SMILES string of the molecule is C=CCN(CCCCC)C(=O)C1N([C@H](CO)c2ccccc2)C(=O)[C@@H]2[C@H](C(=O)OCC)[C@@]3(C)OC12CC3C. The van der Waals surface area contributed by atoms with E-state index in [1.54, 1.807) is 17.9 Å². The minimum atomic E-state index is -1.19. The molecule has 0 radical (unpaired) electrons. The highest BCUT2D eigenvalue weighted by Gasteiger charge is 2.80. The van der Waals surface area contributed by atoms with Crippen LogP contribution in [0.5, 0.6) is 0 Å². The summed E-state index contributed by atoms with van der Waals surface area (Å²) in [4.78, 5) is 45.5. The number of ether oxygens (including phenoxy) is 2. The molecule has 1 aromatic carbocycles. The van der Waals surface area contributed by atoms with Gasteiger partial charge >= 0.3 is 5.97 Å². The highest BCUT2D eigenvalue weighted by Crippen LogP contribution is 2.66. The van der Waals surface area contributed by atoms with Crippen molar-refractivity contribution in [1.29, 1.82) is 0 Å². The molecule has 2 amide bonds. The molecule has 4 rings (SSSR count). The van der Waals surface area contributed by atoms with Crippen molar-refractivity contribution in [3.63, 3.8) is 0 Å². The fraction of sp³-hybridized carbons (Fsp3) is 0.633. The Morgan fingerprint density at radius 2 is 2.00 bits per heavy atom. The van der Waals surface area contributed by atoms with Crippen molar-refractivity contribution >= 4 is 17.8 Å². The third-order valence-electron chi connectivity index (χ3n) is 8.91. The smallest absolute Gasteiger partial charge is 0.312 e. The maximum atomic E-state index is 14.5. The number of hydrogen-bond donors (Lipinski definition) is 1. The Morgan fingerprint density at radius 3 is 2.61 bits per heavy atom. The summed E-state index contributed by atoms with van der Waals surface area (Å²) in [6.45, 7) is 12.3. The molecular weight excluding hydrogens is 484 g/mol. The first kappa shape index (κ1) is 28.3. The van der Waals surface area contributed by atoms with Gasteiger partial charge in [-0.1, -0.05) is 63.1 Å². The van der Waals surface area contributed by atoms with Crippen LogP contribution in [-0.4, -0.2) is 76.2 Å². The lowest BCUT2D eigenvalue weighted by Gasteiger charge is -2.39. The van der Waals surface area contributed by atoms with E-state index in [0.29, 0.717) is 19.5 Å². The van der Waals surface area contributed by atoms with Crippen molar-refractivity contribution in [2.45, 2.75) is 76.7 Å². The molecule has 3 fully saturated rings. The third kappa shape index (κ3) is 4.35. The van der Waals surface area contributed by atoms with Crippen LogP contribution in [-0.2, 0) is 23.9 Å². The van der Waals surface area contributed by atoms with Crippen molar-refractivity contribution in [3.8, 4) is 0 Å². The number of fused-ring (bicyclic) bond motifs is 1. The zero-order valence-corrected chi connectivity index (χ0v) is 23.1. The van der Waals surface area contributed by atoms with Gasteiger partial charge in [0.05, 0.1) is 30.8 Å². The Labute approximate surface area is 226 Å². The molecule has 1 aromatic rings. The second-order valence-electron chi connectivity index (χ2n) is 11.1. The fourth-order valence-corrected chi connectivity index (χ4v) is 7.08. The largest absolute Gasteiger partial charge is 0.466 e. The van der Waals surface area contributed by atoms with Gasteiger partial charge in [-0.15, -0.1) is 6.58 Å². The van der Waals surface area contributed by atoms with Gasteiger partial charge in [-0.05, 0) is 38.2 Å². The van der Waals surface area contributed by atoms with Gasteiger partial charge in [-0.25, -0.2) is 0 Å². The van der Waals surface area contributed by atoms with Crippen LogP contribution in [0.3, 0.4) is 0 Å². The standard InChI is InChI=1S/C30H42N2O6/c1-6-9-13-17-31(16-7-2)27(35)25-30-18-20(4)29(5,38-30)24(28(36)37-8-3)23(30)26(34)32(25)22(19-33)21-14-11-10-12-15-21/h7,10-12,14-15,20,22-25,33H,2,6,8-9,13,16-19H2,1,3-5H3/t20?,22-,23+,24-,25?,29+,30?/m1/s1. The highest BCUT2D eigenvalue weighted by atomic mass is 16.6. The normalized spacial score (nSPS) is 32.2. The molecule has 7 atom stereocenters. The Hall–Kier alpha value is -2.71. The summed E-state index contributed by atoms with van der Waals surface area (Å²) < 4.78 is 12.2. The lowest BCUT2D eigenvalue weighted by molar-refractivity contribution is -0.163. The number of unbranched alkanes of at least 4 members (excludes halogenated alkanes) is 2. The van der Waals surface area contributed by atoms with Gasteiger partial charge in [0.15, 0.2) is 0 Å². The van der Waals surface area contributed by atoms with E-state index < -0.39 is 41.1 Å². The monoisotopic (exact) mass is 526 g/mol. The number of aliphatic hydroxyl groups excluding tert-OH is 1. The first-order valence-electron chi connectivity index (χ1n) is 14.0. The molecule has 0 aliphatic carbocycles. The second kappa shape index (κ2) is 11.2. The Balaban J connectivity index is 1.85. The van der Waals surface area contributed by atoms with Crippen LogP contribution < -0.4 is 0 Å². The molecular formula is C30H42N2O6. The minimum Gasteiger partial charge on any atom is -0.466 e. The van der Waals surface area contributed by atoms with Crippen LogP contribution in [0, 0.1) is 17.8 Å². The molecule has 3 aliphatic rings. The van der Waals surface area contributed by atoms with E-state index in [1.807, 2.05) is 44.2 Å². The van der Waals surface area contributed by atoms with Crippen LogP contribution in [0.1, 0.15) is 65.0 Å². The first-order valence-corrected chi connectivity index (χ1v) is 14.0. The molecule has 3 heterocycles. The van der Waals surface area contributed by atoms with E-state index in [0.717, 1.165) is 24.8 Å². The number of amides is 2. The predicted octanol–water partition coefficient (Wildman–Crippen LogP) is 3.50. The molecule has 1 spiro atoms. The predicted molar refractivity (Wildman–Crippen MR) is 143 cm³/mol. The van der Waals surface area contributed by atoms with Gasteiger partial charge in [0, 0.05) is 13.1 Å². The van der Waals surface area contributed by atoms with E-state index >= 15 is 0 Å². The van der Waals surface area contributed by atoms with E-state index in [9.17, 15) is 19.5 Å². The molecule has 208 valence electrons. The summed E-state index contributed by atoms with van der Waals surface area (Å²) in [6.07, 6.45) is 4.97. The summed E-state index contributed by atoms with van der Waals surface area (Å²) in [5.41, 5.74) is -1.39. The maximum absolute atomic E-state index is 14.5. The van der Waals surface area contributed by atoms with Gasteiger partial charge in [0.1, 0.15) is 17.6 Å². The number of carbonyl (C=O) groups is 3. The number of benzene rings is 1. The van der Waals surface area contributed by atoms with Crippen LogP contribution >= 0.6 is 0 Å². The van der Waals surface area contributed by atoms with Crippen molar-refractivity contribution in [3.05, 3.63) is 48.6 Å². The van der Waals surface area contributed by atoms with Gasteiger partial charge in [0.2, 0.25) is 11.8 Å². The van der Waals surface area contributed by atoms with E-state index in [4.69, 9.17) is 9.47 Å². The molecule has 8 heteroatoms. The highest BCUT2D eigenvalue weighted by molar-refractivity contribution is 5.99. The lowest BCUT2D eigenvalue weighted by atomic mass is 9.62. The topological polar surface area (TPSA) is 96.4 Å². The molecule has 3 unspecified atom stereocenters. The average molecular weight is 527 g/mol. The first-order chi connectivity index (χ1) is 18.2. The van der Waals surface area contributed by atoms with Crippen LogP contribution in [0.4, 0.5) is 0 Å². The Bertz CT molecular complexity index is 1050. The zero-order chi connectivity index (χ0) is 27.7. The Morgan fingerprint density at radius 1 is 1.29 bits per heavy atom. The van der Waals surface area contributed by atoms with Crippen LogP contribution in [0.2, 0.25) is 0 Å². The number of nitrogens with zero attached hydrogens (tertiary/aromatic N) is 2. The number of aliphatic hydroxyl groups is 1. The van der Waals surface area contributed by atoms with E-state index in [-0.39, 0.29) is 30.9 Å². The molecule has 1 N–H and O–H groups in total. The van der Waals surface area contributed by atoms with Gasteiger partial charge in [-0.2, -0.15) is 0 Å². The van der Waals surface area contributed by atoms with Crippen molar-refractivity contribution in [2.24, 2.45) is 17.8 Å². The molecule has 38 heavy (non-hydrogen) atoms. The summed E-state index contributed by atoms with van der Waals surface area (Å²) in [5, 5.41) is 10.6. The number of hydrogen-bond acceptors (Lipinski definition) is 6. The van der Waals surface area contributed by atoms with Crippen LogP contribution in [0.15, 0.2) is 43.0 Å². The molecule has 2 bridgehead atoms. The van der Waals surface area contributed by atoms with E-state index in [1.165, 1.54) is 4.90 Å². The molecule has 8 nitrogen and oxygen atoms in total. The number of likely N-dealkylation sites (tertiary alicyclic amines) is 1. The van der Waals surface area contributed by atoms with Gasteiger partial charge < -0.3 is 24.4 Å². The maximum Gasteiger partial charge on any atom is 0.312 e. The van der Waals surface area contributed by atoms with E-state index in [2.05, 4.69) is 13.5 Å². The molecule has 0 aromatic heterocycles. The second-order valence-corrected chi connectivity index (χ2v) is 11.1. The minimum absolute atomic E-state index is 0.0755. The van der Waals surface area contributed by atoms with Gasteiger partial charge in [0.25, 0.3) is 0 Å². The third-order valence-corrected chi connectivity index (χ3v) is 8.91. The van der Waals surface area contributed by atoms with Crippen molar-refractivity contribution < 1.29 is 29.0 Å². The fourth-order valence-electron chi connectivity index (χ4n) is 7.08. The summed E-state index contributed by atoms with van der Waals surface area (Å²) in [7, 11) is 0. The Kier molecular flexibility index (Phi) is 8.33. The number of esters is 1. The zero-order valence-electron chi connectivity index (χ0n) is 23.1. The summed E-state index contributed by atoms with van der Waals surface area (Å²) in [6, 6.07) is 7.50. The molecule has 3 aliphatic heterocycles. The lowest BCUT2D eigenvalue weighted by Crippen LogP contribution is -2.57. The summed E-state index contributed by atoms with van der Waals surface area (Å²) >= 11 is 0. The van der Waals surface area contributed by atoms with Gasteiger partial charge in [-0.3, -0.25) is 14.4 Å².